The lowest BCUT2D eigenvalue weighted by atomic mass is 10.0. The summed E-state index contributed by atoms with van der Waals surface area (Å²) in [5.41, 5.74) is 0. The zero-order valence-corrected chi connectivity index (χ0v) is 49.9. The van der Waals surface area contributed by atoms with Gasteiger partial charge in [0.25, 0.3) is 0 Å². The van der Waals surface area contributed by atoms with Crippen LogP contribution in [-0.4, -0.2) is 47.4 Å². The normalized spacial score (nSPS) is 12.4. The van der Waals surface area contributed by atoms with Crippen molar-refractivity contribution in [1.29, 1.82) is 0 Å². The fourth-order valence-corrected chi connectivity index (χ4v) is 11.0. The summed E-state index contributed by atoms with van der Waals surface area (Å²) in [7, 11) is 0. The lowest BCUT2D eigenvalue weighted by Crippen LogP contribution is -2.45. The van der Waals surface area contributed by atoms with Gasteiger partial charge in [-0.05, 0) is 25.7 Å². The Balaban J connectivity index is 3.30. The van der Waals surface area contributed by atoms with Crippen molar-refractivity contribution in [3.8, 4) is 0 Å². The molecule has 0 aliphatic carbocycles. The van der Waals surface area contributed by atoms with Crippen LogP contribution in [0.2, 0.25) is 0 Å². The smallest absolute Gasteiger partial charge is 0.305 e. The summed E-state index contributed by atoms with van der Waals surface area (Å²) in [5.74, 6) is -0.00701. The van der Waals surface area contributed by atoms with Crippen molar-refractivity contribution in [1.82, 2.24) is 5.32 Å². The third kappa shape index (κ3) is 60.0. The summed E-state index contributed by atoms with van der Waals surface area (Å²) in [6.07, 6.45) is 75.7. The first-order valence-electron chi connectivity index (χ1n) is 33.8. The van der Waals surface area contributed by atoms with Crippen molar-refractivity contribution < 1.29 is 24.5 Å². The van der Waals surface area contributed by atoms with Gasteiger partial charge in [0, 0.05) is 12.8 Å². The highest BCUT2D eigenvalue weighted by molar-refractivity contribution is 5.76. The highest BCUT2D eigenvalue weighted by atomic mass is 16.5. The Morgan fingerprint density at radius 1 is 0.329 bits per heavy atom. The maximum Gasteiger partial charge on any atom is 0.305 e. The second-order valence-corrected chi connectivity index (χ2v) is 23.5. The second-order valence-electron chi connectivity index (χ2n) is 23.5. The Morgan fingerprint density at radius 3 is 0.836 bits per heavy atom. The monoisotopic (exact) mass is 1030 g/mol. The molecule has 6 heteroatoms. The van der Waals surface area contributed by atoms with Gasteiger partial charge in [-0.15, -0.1) is 0 Å². The van der Waals surface area contributed by atoms with Crippen molar-refractivity contribution in [2.24, 2.45) is 0 Å². The minimum absolute atomic E-state index is 0.0231. The molecule has 0 aromatic rings. The molecule has 0 spiro atoms. The van der Waals surface area contributed by atoms with Gasteiger partial charge < -0.3 is 20.3 Å². The number of hydrogen-bond donors (Lipinski definition) is 3. The first-order chi connectivity index (χ1) is 36.0. The summed E-state index contributed by atoms with van der Waals surface area (Å²) in [5, 5.41) is 23.2. The largest absolute Gasteiger partial charge is 0.466 e. The van der Waals surface area contributed by atoms with Crippen LogP contribution in [0.1, 0.15) is 393 Å². The number of amides is 1. The Hall–Kier alpha value is -1.14. The number of ether oxygens (including phenoxy) is 1. The van der Waals surface area contributed by atoms with Gasteiger partial charge >= 0.3 is 5.97 Å². The molecule has 0 fully saturated rings. The fraction of sp³-hybridized carbons (Fsp3) is 0.970. The van der Waals surface area contributed by atoms with Gasteiger partial charge in [0.15, 0.2) is 0 Å². The first kappa shape index (κ1) is 71.9. The number of aliphatic hydroxyl groups excluding tert-OH is 2. The van der Waals surface area contributed by atoms with Crippen LogP contribution < -0.4 is 5.32 Å². The number of aliphatic hydroxyl groups is 2. The maximum atomic E-state index is 12.5. The molecule has 436 valence electrons. The minimum Gasteiger partial charge on any atom is -0.466 e. The summed E-state index contributed by atoms with van der Waals surface area (Å²) < 4.78 is 5.51. The van der Waals surface area contributed by atoms with Crippen molar-refractivity contribution in [2.75, 3.05) is 13.2 Å². The number of rotatable bonds is 64. The van der Waals surface area contributed by atoms with Crippen LogP contribution in [0.5, 0.6) is 0 Å². The molecule has 0 heterocycles. The average Bonchev–Trinajstić information content (AvgIpc) is 3.39. The predicted octanol–water partition coefficient (Wildman–Crippen LogP) is 21.4. The summed E-state index contributed by atoms with van der Waals surface area (Å²) >= 11 is 0. The average molecular weight is 1030 g/mol. The van der Waals surface area contributed by atoms with E-state index in [2.05, 4.69) is 19.2 Å². The number of carbonyl (C=O) groups is 2. The van der Waals surface area contributed by atoms with Gasteiger partial charge in [0.2, 0.25) is 5.91 Å². The van der Waals surface area contributed by atoms with Crippen LogP contribution in [0.4, 0.5) is 0 Å². The van der Waals surface area contributed by atoms with E-state index < -0.39 is 12.1 Å². The van der Waals surface area contributed by atoms with E-state index in [-0.39, 0.29) is 18.5 Å². The molecule has 1 amide bonds. The fourth-order valence-electron chi connectivity index (χ4n) is 11.0. The molecule has 73 heavy (non-hydrogen) atoms. The molecule has 2 atom stereocenters. The van der Waals surface area contributed by atoms with E-state index >= 15 is 0 Å². The molecule has 0 aliphatic rings. The van der Waals surface area contributed by atoms with Gasteiger partial charge in [0.05, 0.1) is 25.4 Å². The molecule has 0 bridgehead atoms. The standard InChI is InChI=1S/C67H133NO5/c1-3-5-7-9-11-13-15-17-18-30-34-37-41-45-49-53-57-61-67(72)73-62-58-54-50-46-42-38-35-32-29-27-25-23-21-19-20-22-24-26-28-31-33-36-40-44-48-52-56-60-66(71)68-64(63-69)65(70)59-55-51-47-43-39-16-14-12-10-8-6-4-2/h64-65,69-70H,3-63H2,1-2H3,(H,68,71). The predicted molar refractivity (Wildman–Crippen MR) is 320 cm³/mol. The Bertz CT molecular complexity index is 1050. The molecule has 3 N–H and O–H groups in total. The molecule has 2 unspecified atom stereocenters. The topological polar surface area (TPSA) is 95.9 Å². The highest BCUT2D eigenvalue weighted by Gasteiger charge is 2.20. The summed E-state index contributed by atoms with van der Waals surface area (Å²) in [6, 6.07) is -0.537. The van der Waals surface area contributed by atoms with Crippen LogP contribution in [-0.2, 0) is 14.3 Å². The van der Waals surface area contributed by atoms with Gasteiger partial charge in [-0.25, -0.2) is 0 Å². The SMILES string of the molecule is CCCCCCCCCCCCCCCCCCCC(=O)OCCCCCCCCCCCCCCCCCCCCCCCCCCCCCC(=O)NC(CO)C(O)CCCCCCCCCCCCCC. The Labute approximate surface area is 457 Å². The van der Waals surface area contributed by atoms with E-state index in [1.54, 1.807) is 0 Å². The lowest BCUT2D eigenvalue weighted by molar-refractivity contribution is -0.143. The van der Waals surface area contributed by atoms with Crippen LogP contribution in [0.3, 0.4) is 0 Å². The highest BCUT2D eigenvalue weighted by Crippen LogP contribution is 2.19. The first-order valence-corrected chi connectivity index (χ1v) is 33.8. The molecule has 0 aliphatic heterocycles. The third-order valence-electron chi connectivity index (χ3n) is 16.2. The number of carbonyl (C=O) groups excluding carboxylic acids is 2. The summed E-state index contributed by atoms with van der Waals surface area (Å²) in [6.45, 7) is 4.99. The molecule has 6 nitrogen and oxygen atoms in total. The molecule has 0 saturated carbocycles. The van der Waals surface area contributed by atoms with Crippen LogP contribution >= 0.6 is 0 Å². The molecular formula is C67H133NO5. The van der Waals surface area contributed by atoms with Crippen LogP contribution in [0.15, 0.2) is 0 Å². The van der Waals surface area contributed by atoms with Gasteiger partial charge in [-0.3, -0.25) is 9.59 Å². The van der Waals surface area contributed by atoms with Crippen molar-refractivity contribution >= 4 is 11.9 Å². The second kappa shape index (κ2) is 63.4. The lowest BCUT2D eigenvalue weighted by Gasteiger charge is -2.22. The molecular weight excluding hydrogens is 899 g/mol. The quantitative estimate of drug-likeness (QED) is 0.0417. The van der Waals surface area contributed by atoms with E-state index in [1.807, 2.05) is 0 Å². The number of unbranched alkanes of at least 4 members (excludes halogenated alkanes) is 53. The number of hydrogen-bond acceptors (Lipinski definition) is 5. The van der Waals surface area contributed by atoms with E-state index in [0.29, 0.717) is 25.9 Å². The molecule has 0 radical (unpaired) electrons. The van der Waals surface area contributed by atoms with Crippen LogP contribution in [0, 0.1) is 0 Å². The van der Waals surface area contributed by atoms with Crippen molar-refractivity contribution in [3.05, 3.63) is 0 Å². The minimum atomic E-state index is -0.660. The zero-order valence-electron chi connectivity index (χ0n) is 49.9. The Kier molecular flexibility index (Phi) is 62.4. The third-order valence-corrected chi connectivity index (χ3v) is 16.2. The van der Waals surface area contributed by atoms with Gasteiger partial charge in [0.1, 0.15) is 0 Å². The summed E-state index contributed by atoms with van der Waals surface area (Å²) in [4.78, 5) is 24.6. The van der Waals surface area contributed by atoms with Gasteiger partial charge in [-0.2, -0.15) is 0 Å². The number of nitrogens with one attached hydrogen (secondary N) is 1. The van der Waals surface area contributed by atoms with E-state index in [4.69, 9.17) is 4.74 Å². The maximum absolute atomic E-state index is 12.5. The van der Waals surface area contributed by atoms with Crippen LogP contribution in [0.25, 0.3) is 0 Å². The van der Waals surface area contributed by atoms with Crippen molar-refractivity contribution in [2.45, 2.75) is 405 Å². The number of esters is 1. The molecule has 0 aromatic heterocycles. The molecule has 0 rings (SSSR count). The molecule has 0 aromatic carbocycles. The van der Waals surface area contributed by atoms with E-state index in [9.17, 15) is 19.8 Å². The Morgan fingerprint density at radius 2 is 0.562 bits per heavy atom. The zero-order chi connectivity index (χ0) is 52.9. The molecule has 0 saturated heterocycles. The van der Waals surface area contributed by atoms with E-state index in [1.165, 1.54) is 321 Å². The van der Waals surface area contributed by atoms with Crippen molar-refractivity contribution in [3.63, 3.8) is 0 Å². The van der Waals surface area contributed by atoms with E-state index in [0.717, 1.165) is 38.5 Å². The van der Waals surface area contributed by atoms with Gasteiger partial charge in [-0.1, -0.05) is 354 Å².